The van der Waals surface area contributed by atoms with Crippen molar-refractivity contribution in [2.75, 3.05) is 0 Å². The Hall–Kier alpha value is -2.09. The third-order valence-electron chi connectivity index (χ3n) is 2.90. The number of aliphatic carboxylic acids is 1. The molecule has 2 aromatic rings. The van der Waals surface area contributed by atoms with Gasteiger partial charge in [0.25, 0.3) is 0 Å². The van der Waals surface area contributed by atoms with Crippen LogP contribution in [0.1, 0.15) is 11.1 Å². The average Bonchev–Trinajstić information content (AvgIpc) is 2.39. The second kappa shape index (κ2) is 4.42. The molecule has 85 valence electrons. The van der Waals surface area contributed by atoms with E-state index in [2.05, 4.69) is 6.92 Å². The summed E-state index contributed by atoms with van der Waals surface area (Å²) in [5.41, 5.74) is 0.111. The summed E-state index contributed by atoms with van der Waals surface area (Å²) in [6.07, 6.45) is 0. The van der Waals surface area contributed by atoms with Crippen molar-refractivity contribution in [1.82, 2.24) is 0 Å². The lowest BCUT2D eigenvalue weighted by Gasteiger charge is -2.25. The van der Waals surface area contributed by atoms with E-state index < -0.39 is 11.4 Å². The molecule has 0 heterocycles. The Balaban J connectivity index is 2.59. The Kier molecular flexibility index (Phi) is 2.96. The van der Waals surface area contributed by atoms with E-state index in [1.54, 1.807) is 24.3 Å². The van der Waals surface area contributed by atoms with E-state index >= 15 is 0 Å². The Morgan fingerprint density at radius 1 is 0.882 bits per heavy atom. The molecule has 0 aromatic heterocycles. The van der Waals surface area contributed by atoms with Gasteiger partial charge in [-0.15, -0.1) is 0 Å². The SMILES string of the molecule is [CH2]C(C(=O)O)(c1ccccc1)c1ccccc1. The lowest BCUT2D eigenvalue weighted by Crippen LogP contribution is -2.33. The zero-order valence-electron chi connectivity index (χ0n) is 9.34. The van der Waals surface area contributed by atoms with Crippen LogP contribution < -0.4 is 0 Å². The molecule has 2 rings (SSSR count). The molecule has 0 aliphatic carbocycles. The topological polar surface area (TPSA) is 37.3 Å². The van der Waals surface area contributed by atoms with Crippen LogP contribution in [0.4, 0.5) is 0 Å². The first kappa shape index (κ1) is 11.4. The van der Waals surface area contributed by atoms with Gasteiger partial charge in [0, 0.05) is 0 Å². The summed E-state index contributed by atoms with van der Waals surface area (Å²) >= 11 is 0. The minimum absolute atomic E-state index is 0.679. The maximum atomic E-state index is 11.6. The number of rotatable bonds is 3. The number of carboxylic acids is 1. The molecule has 2 aromatic carbocycles. The molecule has 0 fully saturated rings. The average molecular weight is 225 g/mol. The van der Waals surface area contributed by atoms with Crippen LogP contribution in [0.5, 0.6) is 0 Å². The van der Waals surface area contributed by atoms with Crippen LogP contribution in [0.2, 0.25) is 0 Å². The molecule has 0 unspecified atom stereocenters. The maximum absolute atomic E-state index is 11.6. The number of hydrogen-bond acceptors (Lipinski definition) is 1. The molecule has 0 aliphatic heterocycles. The minimum Gasteiger partial charge on any atom is -0.480 e. The highest BCUT2D eigenvalue weighted by Gasteiger charge is 2.36. The van der Waals surface area contributed by atoms with Crippen molar-refractivity contribution in [3.8, 4) is 0 Å². The summed E-state index contributed by atoms with van der Waals surface area (Å²) in [6.45, 7) is 3.91. The van der Waals surface area contributed by atoms with E-state index in [0.29, 0.717) is 11.1 Å². The van der Waals surface area contributed by atoms with Crippen molar-refractivity contribution < 1.29 is 9.90 Å². The van der Waals surface area contributed by atoms with Crippen LogP contribution in [0.15, 0.2) is 60.7 Å². The van der Waals surface area contributed by atoms with Gasteiger partial charge in [0.1, 0.15) is 5.41 Å². The van der Waals surface area contributed by atoms with E-state index in [-0.39, 0.29) is 0 Å². The smallest absolute Gasteiger partial charge is 0.318 e. The molecule has 17 heavy (non-hydrogen) atoms. The molecule has 0 saturated carbocycles. The van der Waals surface area contributed by atoms with Crippen molar-refractivity contribution >= 4 is 5.97 Å². The molecule has 1 N–H and O–H groups in total. The summed E-state index contributed by atoms with van der Waals surface area (Å²) in [5, 5.41) is 9.48. The monoisotopic (exact) mass is 225 g/mol. The zero-order valence-corrected chi connectivity index (χ0v) is 9.34. The van der Waals surface area contributed by atoms with Crippen LogP contribution in [-0.2, 0) is 10.2 Å². The highest BCUT2D eigenvalue weighted by atomic mass is 16.4. The van der Waals surface area contributed by atoms with E-state index in [1.165, 1.54) is 0 Å². The van der Waals surface area contributed by atoms with E-state index in [9.17, 15) is 9.90 Å². The molecule has 0 spiro atoms. The molecule has 0 aliphatic rings. The van der Waals surface area contributed by atoms with E-state index in [0.717, 1.165) is 0 Å². The predicted molar refractivity (Wildman–Crippen MR) is 66.7 cm³/mol. The lowest BCUT2D eigenvalue weighted by molar-refractivity contribution is -0.140. The molecule has 2 heteroatoms. The summed E-state index contributed by atoms with van der Waals surface area (Å²) in [5.74, 6) is -0.949. The zero-order chi connectivity index (χ0) is 12.3. The maximum Gasteiger partial charge on any atom is 0.318 e. The fraction of sp³-hybridized carbons (Fsp3) is 0.0667. The first-order chi connectivity index (χ1) is 8.15. The molecule has 0 amide bonds. The van der Waals surface area contributed by atoms with Gasteiger partial charge >= 0.3 is 5.97 Å². The van der Waals surface area contributed by atoms with Crippen LogP contribution >= 0.6 is 0 Å². The second-order valence-corrected chi connectivity index (χ2v) is 3.94. The molecular weight excluding hydrogens is 212 g/mol. The van der Waals surface area contributed by atoms with Crippen molar-refractivity contribution in [2.24, 2.45) is 0 Å². The fourth-order valence-electron chi connectivity index (χ4n) is 1.86. The minimum atomic E-state index is -1.25. The summed E-state index contributed by atoms with van der Waals surface area (Å²) in [6, 6.07) is 18.1. The standard InChI is InChI=1S/C15H13O2/c1-15(14(16)17,12-8-4-2-5-9-12)13-10-6-3-7-11-13/h2-11H,1H2,(H,16,17). The van der Waals surface area contributed by atoms with Gasteiger partial charge in [-0.2, -0.15) is 0 Å². The van der Waals surface area contributed by atoms with Crippen LogP contribution in [0.3, 0.4) is 0 Å². The van der Waals surface area contributed by atoms with Gasteiger partial charge in [-0.1, -0.05) is 60.7 Å². The number of carbonyl (C=O) groups is 1. The molecular formula is C15H13O2. The second-order valence-electron chi connectivity index (χ2n) is 3.94. The number of hydrogen-bond donors (Lipinski definition) is 1. The largest absolute Gasteiger partial charge is 0.480 e. The summed E-state index contributed by atoms with van der Waals surface area (Å²) < 4.78 is 0. The fourth-order valence-corrected chi connectivity index (χ4v) is 1.86. The van der Waals surface area contributed by atoms with Crippen molar-refractivity contribution in [3.05, 3.63) is 78.7 Å². The first-order valence-corrected chi connectivity index (χ1v) is 5.35. The Morgan fingerprint density at radius 3 is 1.53 bits per heavy atom. The van der Waals surface area contributed by atoms with Gasteiger partial charge in [0.05, 0.1) is 0 Å². The Bertz CT molecular complexity index is 463. The van der Waals surface area contributed by atoms with Gasteiger partial charge < -0.3 is 5.11 Å². The van der Waals surface area contributed by atoms with Crippen molar-refractivity contribution in [3.63, 3.8) is 0 Å². The summed E-state index contributed by atoms with van der Waals surface area (Å²) in [4.78, 5) is 11.6. The lowest BCUT2D eigenvalue weighted by atomic mass is 9.76. The van der Waals surface area contributed by atoms with Gasteiger partial charge in [0.2, 0.25) is 0 Å². The van der Waals surface area contributed by atoms with Crippen molar-refractivity contribution in [1.29, 1.82) is 0 Å². The van der Waals surface area contributed by atoms with Crippen LogP contribution in [-0.4, -0.2) is 11.1 Å². The highest BCUT2D eigenvalue weighted by molar-refractivity contribution is 5.87. The van der Waals surface area contributed by atoms with E-state index in [1.807, 2.05) is 36.4 Å². The Labute approximate surface area is 101 Å². The molecule has 0 bridgehead atoms. The number of carboxylic acid groups (broad SMARTS) is 1. The highest BCUT2D eigenvalue weighted by Crippen LogP contribution is 2.31. The first-order valence-electron chi connectivity index (χ1n) is 5.35. The Morgan fingerprint density at radius 2 is 1.24 bits per heavy atom. The normalized spacial score (nSPS) is 11.1. The molecule has 0 atom stereocenters. The third-order valence-corrected chi connectivity index (χ3v) is 2.90. The van der Waals surface area contributed by atoms with Gasteiger partial charge in [-0.25, -0.2) is 0 Å². The molecule has 0 saturated heterocycles. The van der Waals surface area contributed by atoms with Gasteiger partial charge in [-0.05, 0) is 18.1 Å². The predicted octanol–water partition coefficient (Wildman–Crippen LogP) is 2.89. The van der Waals surface area contributed by atoms with Crippen LogP contribution in [0.25, 0.3) is 0 Å². The van der Waals surface area contributed by atoms with Crippen LogP contribution in [0, 0.1) is 6.92 Å². The quantitative estimate of drug-likeness (QED) is 0.872. The van der Waals surface area contributed by atoms with Crippen molar-refractivity contribution in [2.45, 2.75) is 5.41 Å². The third kappa shape index (κ3) is 1.94. The molecule has 1 radical (unpaired) electrons. The summed E-state index contributed by atoms with van der Waals surface area (Å²) in [7, 11) is 0. The molecule has 2 nitrogen and oxygen atoms in total. The van der Waals surface area contributed by atoms with Gasteiger partial charge in [-0.3, -0.25) is 4.79 Å². The van der Waals surface area contributed by atoms with E-state index in [4.69, 9.17) is 0 Å². The van der Waals surface area contributed by atoms with Gasteiger partial charge in [0.15, 0.2) is 0 Å². The number of benzene rings is 2.